The Balaban J connectivity index is 1.15. The molecule has 0 aromatic carbocycles. The lowest BCUT2D eigenvalue weighted by atomic mass is 9.93. The van der Waals surface area contributed by atoms with E-state index < -0.39 is 266 Å². The molecule has 0 radical (unpaired) electrons. The van der Waals surface area contributed by atoms with Crippen molar-refractivity contribution in [2.24, 2.45) is 0 Å². The zero-order chi connectivity index (χ0) is 62.8. The molecule has 0 saturated carbocycles. The average molecular weight is 1240 g/mol. The molecular formula is C48H81N3O34. The highest BCUT2D eigenvalue weighted by molar-refractivity contribution is 5.74. The number of amides is 3. The minimum atomic E-state index is -2.15. The highest BCUT2D eigenvalue weighted by Gasteiger charge is 2.59. The summed E-state index contributed by atoms with van der Waals surface area (Å²) in [6.45, 7) is 0.752. The van der Waals surface area contributed by atoms with Gasteiger partial charge in [-0.1, -0.05) is 0 Å². The normalized spacial score (nSPS) is 49.8. The molecule has 492 valence electrons. The van der Waals surface area contributed by atoms with Crippen molar-refractivity contribution in [3.8, 4) is 0 Å². The van der Waals surface area contributed by atoms with Gasteiger partial charge >= 0.3 is 0 Å². The van der Waals surface area contributed by atoms with Crippen LogP contribution in [0.25, 0.3) is 0 Å². The number of aliphatic hydroxyl groups is 18. The van der Waals surface area contributed by atoms with E-state index in [2.05, 4.69) is 16.0 Å². The number of nitrogens with one attached hydrogen (secondary N) is 3. The minimum absolute atomic E-state index is 0.843. The Hall–Kier alpha value is -2.83. The van der Waals surface area contributed by atoms with Gasteiger partial charge in [0.1, 0.15) is 159 Å². The summed E-state index contributed by atoms with van der Waals surface area (Å²) in [6, 6.07) is -5.32. The van der Waals surface area contributed by atoms with E-state index in [4.69, 9.17) is 61.6 Å². The zero-order valence-corrected chi connectivity index (χ0v) is 46.3. The third-order valence-corrected chi connectivity index (χ3v) is 15.7. The Morgan fingerprint density at radius 1 is 0.329 bits per heavy atom. The molecule has 0 bridgehead atoms. The van der Waals surface area contributed by atoms with Crippen molar-refractivity contribution in [3.63, 3.8) is 0 Å². The Labute approximate surface area is 483 Å². The smallest absolute Gasteiger partial charge is 0.217 e. The first kappa shape index (κ1) is 69.6. The van der Waals surface area contributed by atoms with Crippen LogP contribution in [0.5, 0.6) is 0 Å². The van der Waals surface area contributed by atoms with Crippen LogP contribution in [0.15, 0.2) is 0 Å². The van der Waals surface area contributed by atoms with E-state index in [9.17, 15) is 106 Å². The molecular weight excluding hydrogens is 1160 g/mol. The third kappa shape index (κ3) is 15.3. The number of aliphatic hydroxyl groups excluding tert-OH is 18. The van der Waals surface area contributed by atoms with Crippen LogP contribution < -0.4 is 16.0 Å². The molecule has 0 aromatic heterocycles. The third-order valence-electron chi connectivity index (χ3n) is 15.7. The van der Waals surface area contributed by atoms with Crippen molar-refractivity contribution < 1.29 is 168 Å². The van der Waals surface area contributed by atoms with Crippen LogP contribution in [0, 0.1) is 0 Å². The molecule has 0 aliphatic carbocycles. The van der Waals surface area contributed by atoms with Crippen molar-refractivity contribution in [2.75, 3.05) is 33.0 Å². The zero-order valence-electron chi connectivity index (χ0n) is 46.3. The topological polar surface area (TPSA) is 571 Å². The molecule has 3 amide bonds. The Kier molecular flexibility index (Phi) is 24.5. The second kappa shape index (κ2) is 29.9. The largest absolute Gasteiger partial charge is 0.394 e. The standard InChI is InChI=1S/C48H81N3O34/c1-11-24(59)31(66)35(70)45(74-11)84-40-33(68)26(61)16(6-52)79-47(40)82-38-22(50-14(4)57)43(77-18(8-54)28(38)63)73-10-20-30(65)37(21(42(72)76-20)49-13(3)56)81-44-23(51-15(5)58)39(29(64)19(9-55)78-44)83-48-41(34(69)27(62)17(7-53)80-48)85-46-36(71)32(67)25(60)12(2)75-46/h11-12,16-48,52-55,59-72H,6-10H2,1-5H3,(H,49,56)(H,50,57)(H,51,58)/t11-,12-,16+,17+,18+,19+,20+,21+,22+,23+,24+,25+,26-,27-,28+,29+,30-,31+,32+,33-,34-,35-,36-,37+,38+,39+,40+,41+,42+,43+,44-,45-,46-,47-,48-/m0/s1. The van der Waals surface area contributed by atoms with Gasteiger partial charge in [0.15, 0.2) is 44.0 Å². The molecule has 7 saturated heterocycles. The fourth-order valence-electron chi connectivity index (χ4n) is 11.0. The Morgan fingerprint density at radius 3 is 1.05 bits per heavy atom. The fraction of sp³-hybridized carbons (Fsp3) is 0.938. The second-order valence-electron chi connectivity index (χ2n) is 21.8. The number of rotatable bonds is 20. The first-order valence-corrected chi connectivity index (χ1v) is 27.3. The summed E-state index contributed by atoms with van der Waals surface area (Å²) in [7, 11) is 0. The quantitative estimate of drug-likeness (QED) is 0.0538. The van der Waals surface area contributed by atoms with E-state index in [0.29, 0.717) is 0 Å². The summed E-state index contributed by atoms with van der Waals surface area (Å²) in [6.07, 6.45) is -59.4. The summed E-state index contributed by atoms with van der Waals surface area (Å²) < 4.78 is 76.2. The molecule has 7 rings (SSSR count). The van der Waals surface area contributed by atoms with Crippen LogP contribution in [-0.4, -0.2) is 357 Å². The van der Waals surface area contributed by atoms with Crippen LogP contribution >= 0.6 is 0 Å². The predicted octanol–water partition coefficient (Wildman–Crippen LogP) is -13.8. The first-order valence-electron chi connectivity index (χ1n) is 27.3. The van der Waals surface area contributed by atoms with Gasteiger partial charge in [-0.25, -0.2) is 0 Å². The highest BCUT2D eigenvalue weighted by Crippen LogP contribution is 2.37. The number of hydrogen-bond donors (Lipinski definition) is 21. The molecule has 0 spiro atoms. The maximum Gasteiger partial charge on any atom is 0.217 e. The number of hydrogen-bond acceptors (Lipinski definition) is 34. The lowest BCUT2D eigenvalue weighted by molar-refractivity contribution is -0.385. The highest BCUT2D eigenvalue weighted by atomic mass is 16.8. The van der Waals surface area contributed by atoms with Gasteiger partial charge in [0.25, 0.3) is 0 Å². The Bertz CT molecular complexity index is 2150. The molecule has 85 heavy (non-hydrogen) atoms. The van der Waals surface area contributed by atoms with Crippen LogP contribution in [0.3, 0.4) is 0 Å². The molecule has 37 heteroatoms. The first-order chi connectivity index (χ1) is 40.1. The van der Waals surface area contributed by atoms with Crippen molar-refractivity contribution in [2.45, 2.75) is 249 Å². The van der Waals surface area contributed by atoms with E-state index in [1.807, 2.05) is 0 Å². The second-order valence-corrected chi connectivity index (χ2v) is 21.8. The van der Waals surface area contributed by atoms with Gasteiger partial charge in [-0.05, 0) is 13.8 Å². The fourth-order valence-corrected chi connectivity index (χ4v) is 11.0. The van der Waals surface area contributed by atoms with Gasteiger partial charge in [0, 0.05) is 20.8 Å². The lowest BCUT2D eigenvalue weighted by Gasteiger charge is -2.51. The molecule has 37 nitrogen and oxygen atoms in total. The van der Waals surface area contributed by atoms with E-state index in [1.165, 1.54) is 13.8 Å². The van der Waals surface area contributed by atoms with Gasteiger partial charge in [-0.15, -0.1) is 0 Å². The van der Waals surface area contributed by atoms with E-state index in [0.717, 1.165) is 20.8 Å². The maximum atomic E-state index is 13.0. The molecule has 0 unspecified atom stereocenters. The average Bonchev–Trinajstić information content (AvgIpc) is 1.90. The van der Waals surface area contributed by atoms with Crippen LogP contribution in [0.2, 0.25) is 0 Å². The van der Waals surface area contributed by atoms with Crippen molar-refractivity contribution in [1.82, 2.24) is 16.0 Å². The van der Waals surface area contributed by atoms with Crippen molar-refractivity contribution >= 4 is 17.7 Å². The summed E-state index contributed by atoms with van der Waals surface area (Å²) in [4.78, 5) is 38.6. The van der Waals surface area contributed by atoms with Gasteiger partial charge in [0.2, 0.25) is 17.7 Å². The number of carbonyl (C=O) groups is 3. The summed E-state index contributed by atoms with van der Waals surface area (Å²) in [5.74, 6) is -2.57. The summed E-state index contributed by atoms with van der Waals surface area (Å²) >= 11 is 0. The maximum absolute atomic E-state index is 13.0. The van der Waals surface area contributed by atoms with E-state index in [-0.39, 0.29) is 0 Å². The number of ether oxygens (including phenoxy) is 13. The monoisotopic (exact) mass is 1240 g/mol. The SMILES string of the molecule is CC(=O)N[C@@H]1[C@@H](O[C@@H]2O[C@H](CO)[C@@H](O)[C@H](O[C@@H]3O[C@H](CO)[C@H](O)[C@H](O)[C@H]3O[C@@H]3O[C@@H](C)[C@@H](O)[C@@H](O)[C@@H]3O)[C@H]2NC(C)=O)[C@@H](O)[C@@H](CO[C@@H]2O[C@H](CO)[C@@H](O)[C@H](O[C@@H]3O[C@H](CO)[C@H](O)[C@H](O)[C@H]3O[C@@H]3O[C@@H](C)[C@@H](O)[C@@H](O)[C@@H]3O)[C@H]2NC(C)=O)O[C@H]1O. The predicted molar refractivity (Wildman–Crippen MR) is 264 cm³/mol. The molecule has 7 aliphatic rings. The van der Waals surface area contributed by atoms with Crippen LogP contribution in [-0.2, 0) is 76.0 Å². The van der Waals surface area contributed by atoms with Crippen molar-refractivity contribution in [1.29, 1.82) is 0 Å². The van der Waals surface area contributed by atoms with Gasteiger partial charge in [-0.2, -0.15) is 0 Å². The van der Waals surface area contributed by atoms with Crippen LogP contribution in [0.4, 0.5) is 0 Å². The van der Waals surface area contributed by atoms with E-state index >= 15 is 0 Å². The molecule has 35 atom stereocenters. The van der Waals surface area contributed by atoms with Gasteiger partial charge in [0.05, 0.1) is 45.2 Å². The van der Waals surface area contributed by atoms with Crippen molar-refractivity contribution in [3.05, 3.63) is 0 Å². The van der Waals surface area contributed by atoms with Crippen LogP contribution in [0.1, 0.15) is 34.6 Å². The molecule has 7 aliphatic heterocycles. The summed E-state index contributed by atoms with van der Waals surface area (Å²) in [5, 5.41) is 203. The minimum Gasteiger partial charge on any atom is -0.394 e. The van der Waals surface area contributed by atoms with Gasteiger partial charge < -0.3 is 169 Å². The number of carbonyl (C=O) groups excluding carboxylic acids is 3. The molecule has 7 heterocycles. The Morgan fingerprint density at radius 2 is 0.647 bits per heavy atom. The molecule has 0 aromatic rings. The lowest BCUT2D eigenvalue weighted by Crippen LogP contribution is -2.71. The molecule has 21 N–H and O–H groups in total. The van der Waals surface area contributed by atoms with Gasteiger partial charge in [-0.3, -0.25) is 14.4 Å². The van der Waals surface area contributed by atoms with E-state index in [1.54, 1.807) is 0 Å². The molecule has 7 fully saturated rings. The summed E-state index contributed by atoms with van der Waals surface area (Å²) in [5.41, 5.74) is 0.